The van der Waals surface area contributed by atoms with Crippen LogP contribution in [0.2, 0.25) is 0 Å². The summed E-state index contributed by atoms with van der Waals surface area (Å²) in [6, 6.07) is 6.58. The van der Waals surface area contributed by atoms with Crippen LogP contribution in [0.15, 0.2) is 29.2 Å². The van der Waals surface area contributed by atoms with Crippen LogP contribution < -0.4 is 4.72 Å². The lowest BCUT2D eigenvalue weighted by Crippen LogP contribution is -2.47. The van der Waals surface area contributed by atoms with Crippen molar-refractivity contribution in [1.82, 2.24) is 19.4 Å². The Morgan fingerprint density at radius 2 is 1.69 bits per heavy atom. The second-order valence-electron chi connectivity index (χ2n) is 9.04. The van der Waals surface area contributed by atoms with Crippen molar-refractivity contribution in [3.05, 3.63) is 34.4 Å². The van der Waals surface area contributed by atoms with Crippen molar-refractivity contribution in [2.24, 2.45) is 0 Å². The van der Waals surface area contributed by atoms with Crippen molar-refractivity contribution >= 4 is 23.7 Å². The number of nitrogens with zero attached hydrogens (tertiary/aromatic N) is 4. The number of ether oxygens (including phenoxy) is 1. The summed E-state index contributed by atoms with van der Waals surface area (Å²) in [6.45, 7) is 13.5. The molecule has 0 spiro atoms. The third-order valence-electron chi connectivity index (χ3n) is 5.13. The SMILES string of the molecule is CN(CCCN1CCN(CCCNSc2ccc([N+](=O)[O-])cc2)CC1)C(=O)OC(C)(C)C. The second kappa shape index (κ2) is 13.0. The van der Waals surface area contributed by atoms with Gasteiger partial charge in [-0.15, -0.1) is 0 Å². The molecule has 1 heterocycles. The number of nitro groups is 1. The van der Waals surface area contributed by atoms with Gasteiger partial charge in [0, 0.05) is 63.3 Å². The Balaban J connectivity index is 1.51. The molecule has 1 aliphatic heterocycles. The molecule has 1 fully saturated rings. The van der Waals surface area contributed by atoms with Gasteiger partial charge >= 0.3 is 6.09 Å². The van der Waals surface area contributed by atoms with E-state index < -0.39 is 5.60 Å². The van der Waals surface area contributed by atoms with Gasteiger partial charge in [-0.05, 0) is 70.8 Å². The number of piperazine rings is 1. The van der Waals surface area contributed by atoms with Gasteiger partial charge in [0.15, 0.2) is 0 Å². The third kappa shape index (κ3) is 10.2. The molecule has 1 N–H and O–H groups in total. The summed E-state index contributed by atoms with van der Waals surface area (Å²) in [5.74, 6) is 0. The molecule has 1 aliphatic rings. The molecule has 0 unspecified atom stereocenters. The molecular formula is C22H37N5O4S. The van der Waals surface area contributed by atoms with Crippen molar-refractivity contribution < 1.29 is 14.5 Å². The first-order chi connectivity index (χ1) is 15.1. The first-order valence-electron chi connectivity index (χ1n) is 11.2. The molecule has 0 radical (unpaired) electrons. The monoisotopic (exact) mass is 467 g/mol. The summed E-state index contributed by atoms with van der Waals surface area (Å²) >= 11 is 1.51. The number of carbonyl (C=O) groups is 1. The molecule has 0 saturated carbocycles. The number of hydrogen-bond donors (Lipinski definition) is 1. The Morgan fingerprint density at radius 1 is 1.12 bits per heavy atom. The Kier molecular flexibility index (Phi) is 10.7. The zero-order valence-corrected chi connectivity index (χ0v) is 20.5. The van der Waals surface area contributed by atoms with Crippen LogP contribution in [-0.2, 0) is 4.74 Å². The minimum Gasteiger partial charge on any atom is -0.444 e. The number of amides is 1. The highest BCUT2D eigenvalue weighted by Crippen LogP contribution is 2.19. The van der Waals surface area contributed by atoms with Gasteiger partial charge in [-0.1, -0.05) is 0 Å². The van der Waals surface area contributed by atoms with E-state index in [1.165, 1.54) is 24.1 Å². The van der Waals surface area contributed by atoms with Gasteiger partial charge in [-0.3, -0.25) is 14.8 Å². The highest BCUT2D eigenvalue weighted by atomic mass is 32.2. The van der Waals surface area contributed by atoms with E-state index in [1.54, 1.807) is 24.1 Å². The molecule has 1 aromatic rings. The molecule has 1 amide bonds. The zero-order chi connectivity index (χ0) is 23.6. The molecule has 10 heteroatoms. The predicted octanol–water partition coefficient (Wildman–Crippen LogP) is 3.46. The quantitative estimate of drug-likeness (QED) is 0.229. The third-order valence-corrected chi connectivity index (χ3v) is 5.99. The van der Waals surface area contributed by atoms with E-state index in [4.69, 9.17) is 4.74 Å². The summed E-state index contributed by atoms with van der Waals surface area (Å²) in [4.78, 5) is 29.9. The molecule has 0 atom stereocenters. The highest BCUT2D eigenvalue weighted by Gasteiger charge is 2.20. The molecule has 180 valence electrons. The average Bonchev–Trinajstić information content (AvgIpc) is 2.73. The average molecular weight is 468 g/mol. The molecule has 0 bridgehead atoms. The standard InChI is InChI=1S/C22H37N5O4S/c1-22(2,3)31-21(28)24(4)12-6-14-26-17-15-25(16-18-26)13-5-11-23-32-20-9-7-19(8-10-20)27(29)30/h7-10,23H,5-6,11-18H2,1-4H3. The van der Waals surface area contributed by atoms with Crippen LogP contribution in [-0.4, -0.2) is 90.7 Å². The fraction of sp³-hybridized carbons (Fsp3) is 0.682. The minimum absolute atomic E-state index is 0.114. The van der Waals surface area contributed by atoms with Crippen molar-refractivity contribution in [2.45, 2.75) is 44.1 Å². The first kappa shape index (κ1) is 26.4. The van der Waals surface area contributed by atoms with Gasteiger partial charge in [0.2, 0.25) is 0 Å². The highest BCUT2D eigenvalue weighted by molar-refractivity contribution is 7.97. The van der Waals surface area contributed by atoms with Crippen LogP contribution >= 0.6 is 11.9 Å². The van der Waals surface area contributed by atoms with Crippen LogP contribution in [0.25, 0.3) is 0 Å². The smallest absolute Gasteiger partial charge is 0.410 e. The number of benzene rings is 1. The molecule has 32 heavy (non-hydrogen) atoms. The molecule has 9 nitrogen and oxygen atoms in total. The molecule has 1 saturated heterocycles. The first-order valence-corrected chi connectivity index (χ1v) is 12.0. The number of rotatable bonds is 11. The predicted molar refractivity (Wildman–Crippen MR) is 128 cm³/mol. The summed E-state index contributed by atoms with van der Waals surface area (Å²) in [5, 5.41) is 10.7. The lowest BCUT2D eigenvalue weighted by molar-refractivity contribution is -0.384. The van der Waals surface area contributed by atoms with Crippen LogP contribution in [0.3, 0.4) is 0 Å². The molecule has 2 rings (SSSR count). The van der Waals surface area contributed by atoms with Gasteiger partial charge < -0.3 is 19.4 Å². The minimum atomic E-state index is -0.458. The Bertz CT molecular complexity index is 718. The number of non-ortho nitro benzene ring substituents is 1. The maximum Gasteiger partial charge on any atom is 0.410 e. The lowest BCUT2D eigenvalue weighted by Gasteiger charge is -2.35. The van der Waals surface area contributed by atoms with Crippen molar-refractivity contribution in [1.29, 1.82) is 0 Å². The Morgan fingerprint density at radius 3 is 2.22 bits per heavy atom. The molecular weight excluding hydrogens is 430 g/mol. The lowest BCUT2D eigenvalue weighted by atomic mass is 10.2. The van der Waals surface area contributed by atoms with E-state index in [1.807, 2.05) is 20.8 Å². The van der Waals surface area contributed by atoms with Gasteiger partial charge in [-0.2, -0.15) is 0 Å². The van der Waals surface area contributed by atoms with Crippen LogP contribution in [0.4, 0.5) is 10.5 Å². The summed E-state index contributed by atoms with van der Waals surface area (Å²) in [6.07, 6.45) is 1.74. The van der Waals surface area contributed by atoms with Gasteiger partial charge in [0.1, 0.15) is 5.60 Å². The van der Waals surface area contributed by atoms with Crippen LogP contribution in [0.1, 0.15) is 33.6 Å². The second-order valence-corrected chi connectivity index (χ2v) is 10.0. The van der Waals surface area contributed by atoms with Gasteiger partial charge in [0.05, 0.1) is 4.92 Å². The topological polar surface area (TPSA) is 91.2 Å². The molecule has 1 aromatic carbocycles. The van der Waals surface area contributed by atoms with Crippen molar-refractivity contribution in [3.63, 3.8) is 0 Å². The van der Waals surface area contributed by atoms with E-state index in [-0.39, 0.29) is 16.7 Å². The van der Waals surface area contributed by atoms with E-state index in [0.717, 1.165) is 63.6 Å². The van der Waals surface area contributed by atoms with E-state index in [0.29, 0.717) is 6.54 Å². The summed E-state index contributed by atoms with van der Waals surface area (Å²) in [5.41, 5.74) is -0.343. The summed E-state index contributed by atoms with van der Waals surface area (Å²) in [7, 11) is 1.79. The largest absolute Gasteiger partial charge is 0.444 e. The van der Waals surface area contributed by atoms with Gasteiger partial charge in [-0.25, -0.2) is 4.79 Å². The van der Waals surface area contributed by atoms with Crippen LogP contribution in [0, 0.1) is 10.1 Å². The normalized spacial score (nSPS) is 15.5. The molecule has 0 aliphatic carbocycles. The molecule has 0 aromatic heterocycles. The fourth-order valence-corrected chi connectivity index (χ4v) is 4.03. The number of carbonyl (C=O) groups excluding carboxylic acids is 1. The summed E-state index contributed by atoms with van der Waals surface area (Å²) < 4.78 is 8.71. The Hall–Kier alpha value is -1.88. The number of hydrogen-bond acceptors (Lipinski definition) is 8. The van der Waals surface area contributed by atoms with Crippen molar-refractivity contribution in [2.75, 3.05) is 59.4 Å². The van der Waals surface area contributed by atoms with Gasteiger partial charge in [0.25, 0.3) is 5.69 Å². The van der Waals surface area contributed by atoms with Crippen molar-refractivity contribution in [3.8, 4) is 0 Å². The number of nitrogens with one attached hydrogen (secondary N) is 1. The van der Waals surface area contributed by atoms with E-state index >= 15 is 0 Å². The maximum absolute atomic E-state index is 12.0. The Labute approximate surface area is 195 Å². The van der Waals surface area contributed by atoms with E-state index in [2.05, 4.69) is 14.5 Å². The number of nitro benzene ring substituents is 1. The van der Waals surface area contributed by atoms with E-state index in [9.17, 15) is 14.9 Å². The zero-order valence-electron chi connectivity index (χ0n) is 19.7. The maximum atomic E-state index is 12.0. The fourth-order valence-electron chi connectivity index (χ4n) is 3.34. The van der Waals surface area contributed by atoms with Crippen LogP contribution in [0.5, 0.6) is 0 Å².